The van der Waals surface area contributed by atoms with E-state index >= 15 is 0 Å². The van der Waals surface area contributed by atoms with Crippen molar-refractivity contribution in [1.82, 2.24) is 9.97 Å². The van der Waals surface area contributed by atoms with E-state index in [2.05, 4.69) is 41.4 Å². The van der Waals surface area contributed by atoms with Crippen molar-refractivity contribution in [2.75, 3.05) is 10.6 Å². The van der Waals surface area contributed by atoms with Crippen molar-refractivity contribution < 1.29 is 4.74 Å². The number of para-hydroxylation sites is 1. The third-order valence-electron chi connectivity index (χ3n) is 3.45. The minimum Gasteiger partial charge on any atom is -0.457 e. The molecule has 2 aromatic carbocycles. The van der Waals surface area contributed by atoms with Crippen LogP contribution < -0.4 is 15.4 Å². The Morgan fingerprint density at radius 3 is 2.15 bits per heavy atom. The molecule has 0 saturated heterocycles. The van der Waals surface area contributed by atoms with E-state index in [1.165, 1.54) is 0 Å². The van der Waals surface area contributed by atoms with Crippen molar-refractivity contribution in [2.45, 2.75) is 33.2 Å². The number of hydrogen-bond acceptors (Lipinski definition) is 5. The molecule has 5 heteroatoms. The van der Waals surface area contributed by atoms with Gasteiger partial charge in [-0.2, -0.15) is 4.98 Å². The smallest absolute Gasteiger partial charge is 0.229 e. The number of nitrogens with zero attached hydrogens (tertiary/aromatic N) is 2. The second kappa shape index (κ2) is 7.44. The van der Waals surface area contributed by atoms with Gasteiger partial charge in [-0.1, -0.05) is 18.2 Å². The maximum atomic E-state index is 5.81. The molecule has 3 aromatic rings. The van der Waals surface area contributed by atoms with Crippen LogP contribution in [0.1, 0.15) is 26.5 Å². The Morgan fingerprint density at radius 1 is 0.846 bits per heavy atom. The Bertz CT molecular complexity index is 855. The summed E-state index contributed by atoms with van der Waals surface area (Å²) >= 11 is 0. The Morgan fingerprint density at radius 2 is 1.50 bits per heavy atom. The molecule has 0 bridgehead atoms. The van der Waals surface area contributed by atoms with Crippen molar-refractivity contribution in [2.24, 2.45) is 0 Å². The number of nitrogens with one attached hydrogen (secondary N) is 2. The molecule has 0 spiro atoms. The second-order valence-electron chi connectivity index (χ2n) is 7.16. The van der Waals surface area contributed by atoms with E-state index in [1.54, 1.807) is 0 Å². The maximum absolute atomic E-state index is 5.81. The summed E-state index contributed by atoms with van der Waals surface area (Å²) in [4.78, 5) is 9.00. The minimum absolute atomic E-state index is 0.0610. The van der Waals surface area contributed by atoms with Gasteiger partial charge in [0, 0.05) is 23.0 Å². The molecule has 1 aromatic heterocycles. The first-order chi connectivity index (χ1) is 12.4. The van der Waals surface area contributed by atoms with E-state index < -0.39 is 0 Å². The number of hydrogen-bond donors (Lipinski definition) is 2. The monoisotopic (exact) mass is 348 g/mol. The molecule has 26 heavy (non-hydrogen) atoms. The molecule has 0 aliphatic rings. The Balaban J connectivity index is 1.71. The average Bonchev–Trinajstić information content (AvgIpc) is 2.55. The molecule has 2 N–H and O–H groups in total. The number of benzene rings is 2. The molecule has 0 unspecified atom stereocenters. The van der Waals surface area contributed by atoms with E-state index in [-0.39, 0.29) is 5.54 Å². The first kappa shape index (κ1) is 17.7. The first-order valence-electron chi connectivity index (χ1n) is 8.61. The molecule has 1 heterocycles. The number of anilines is 3. The van der Waals surface area contributed by atoms with Crippen molar-refractivity contribution in [1.29, 1.82) is 0 Å². The summed E-state index contributed by atoms with van der Waals surface area (Å²) in [5, 5.41) is 6.62. The number of rotatable bonds is 5. The molecule has 0 fully saturated rings. The standard InChI is InChI=1S/C21H24N4O/c1-15-14-19(25-21(2,3)4)24-20(22-15)23-16-10-12-18(13-11-16)26-17-8-6-5-7-9-17/h5-14H,1-4H3,(H2,22,23,24,25). The van der Waals surface area contributed by atoms with Crippen molar-refractivity contribution in [3.05, 3.63) is 66.4 Å². The molecule has 0 aliphatic heterocycles. The molecular weight excluding hydrogens is 324 g/mol. The third-order valence-corrected chi connectivity index (χ3v) is 3.45. The number of aryl methyl sites for hydroxylation is 1. The summed E-state index contributed by atoms with van der Waals surface area (Å²) in [6, 6.07) is 19.4. The second-order valence-corrected chi connectivity index (χ2v) is 7.16. The quantitative estimate of drug-likeness (QED) is 0.635. The highest BCUT2D eigenvalue weighted by molar-refractivity contribution is 5.56. The van der Waals surface area contributed by atoms with Gasteiger partial charge in [-0.3, -0.25) is 0 Å². The molecule has 0 atom stereocenters. The summed E-state index contributed by atoms with van der Waals surface area (Å²) in [5.74, 6) is 2.96. The lowest BCUT2D eigenvalue weighted by molar-refractivity contribution is 0.483. The van der Waals surface area contributed by atoms with Gasteiger partial charge >= 0.3 is 0 Å². The molecular formula is C21H24N4O. The summed E-state index contributed by atoms with van der Waals surface area (Å²) in [6.07, 6.45) is 0. The predicted octanol–water partition coefficient (Wildman–Crippen LogP) is 5.53. The van der Waals surface area contributed by atoms with Gasteiger partial charge in [0.25, 0.3) is 0 Å². The van der Waals surface area contributed by atoms with Gasteiger partial charge in [-0.25, -0.2) is 4.98 Å². The van der Waals surface area contributed by atoms with E-state index in [4.69, 9.17) is 4.74 Å². The highest BCUT2D eigenvalue weighted by atomic mass is 16.5. The lowest BCUT2D eigenvalue weighted by Gasteiger charge is -2.21. The van der Waals surface area contributed by atoms with E-state index in [0.29, 0.717) is 5.95 Å². The third kappa shape index (κ3) is 5.21. The molecule has 134 valence electrons. The van der Waals surface area contributed by atoms with Crippen LogP contribution in [0.25, 0.3) is 0 Å². The zero-order valence-electron chi connectivity index (χ0n) is 15.6. The summed E-state index contributed by atoms with van der Waals surface area (Å²) in [6.45, 7) is 8.26. The van der Waals surface area contributed by atoms with Crippen LogP contribution in [0.5, 0.6) is 11.5 Å². The van der Waals surface area contributed by atoms with Crippen LogP contribution >= 0.6 is 0 Å². The van der Waals surface area contributed by atoms with Crippen molar-refractivity contribution in [3.63, 3.8) is 0 Å². The van der Waals surface area contributed by atoms with Crippen LogP contribution in [0.15, 0.2) is 60.7 Å². The van der Waals surface area contributed by atoms with Gasteiger partial charge in [0.2, 0.25) is 5.95 Å². The molecule has 0 radical (unpaired) electrons. The Kier molecular flexibility index (Phi) is 5.07. The number of ether oxygens (including phenoxy) is 1. The van der Waals surface area contributed by atoms with Crippen LogP contribution in [0, 0.1) is 6.92 Å². The van der Waals surface area contributed by atoms with Gasteiger partial charge in [-0.05, 0) is 64.1 Å². The lowest BCUT2D eigenvalue weighted by Crippen LogP contribution is -2.27. The SMILES string of the molecule is Cc1cc(NC(C)(C)C)nc(Nc2ccc(Oc3ccccc3)cc2)n1. The summed E-state index contributed by atoms with van der Waals surface area (Å²) in [7, 11) is 0. The first-order valence-corrected chi connectivity index (χ1v) is 8.61. The molecule has 0 aliphatic carbocycles. The van der Waals surface area contributed by atoms with Crippen LogP contribution in [-0.4, -0.2) is 15.5 Å². The zero-order chi connectivity index (χ0) is 18.6. The van der Waals surface area contributed by atoms with Gasteiger partial charge in [0.1, 0.15) is 17.3 Å². The molecule has 0 amide bonds. The van der Waals surface area contributed by atoms with Crippen LogP contribution in [0.2, 0.25) is 0 Å². The normalized spacial score (nSPS) is 11.1. The molecule has 0 saturated carbocycles. The fourth-order valence-corrected chi connectivity index (χ4v) is 2.43. The predicted molar refractivity (Wildman–Crippen MR) is 106 cm³/mol. The van der Waals surface area contributed by atoms with Crippen LogP contribution in [0.4, 0.5) is 17.5 Å². The van der Waals surface area contributed by atoms with Crippen molar-refractivity contribution in [3.8, 4) is 11.5 Å². The minimum atomic E-state index is -0.0610. The van der Waals surface area contributed by atoms with E-state index in [1.807, 2.05) is 67.6 Å². The zero-order valence-corrected chi connectivity index (χ0v) is 15.6. The van der Waals surface area contributed by atoms with Crippen LogP contribution in [0.3, 0.4) is 0 Å². The highest BCUT2D eigenvalue weighted by Crippen LogP contribution is 2.24. The largest absolute Gasteiger partial charge is 0.457 e. The van der Waals surface area contributed by atoms with E-state index in [0.717, 1.165) is 28.7 Å². The van der Waals surface area contributed by atoms with Gasteiger partial charge < -0.3 is 15.4 Å². The fraction of sp³-hybridized carbons (Fsp3) is 0.238. The summed E-state index contributed by atoms with van der Waals surface area (Å²) in [5.41, 5.74) is 1.74. The lowest BCUT2D eigenvalue weighted by atomic mass is 10.1. The molecule has 3 rings (SSSR count). The summed E-state index contributed by atoms with van der Waals surface area (Å²) < 4.78 is 5.81. The Hall–Kier alpha value is -3.08. The van der Waals surface area contributed by atoms with Gasteiger partial charge in [0.15, 0.2) is 0 Å². The van der Waals surface area contributed by atoms with Crippen LogP contribution in [-0.2, 0) is 0 Å². The topological polar surface area (TPSA) is 59.1 Å². The highest BCUT2D eigenvalue weighted by Gasteiger charge is 2.11. The number of aromatic nitrogens is 2. The average molecular weight is 348 g/mol. The fourth-order valence-electron chi connectivity index (χ4n) is 2.43. The maximum Gasteiger partial charge on any atom is 0.229 e. The van der Waals surface area contributed by atoms with Gasteiger partial charge in [0.05, 0.1) is 0 Å². The Labute approximate surface area is 154 Å². The van der Waals surface area contributed by atoms with E-state index in [9.17, 15) is 0 Å². The van der Waals surface area contributed by atoms with Crippen molar-refractivity contribution >= 4 is 17.5 Å². The molecule has 5 nitrogen and oxygen atoms in total. The van der Waals surface area contributed by atoms with Gasteiger partial charge in [-0.15, -0.1) is 0 Å².